The zero-order chi connectivity index (χ0) is 11.0. The maximum Gasteiger partial charge on any atom is 0.171 e. The zero-order valence-electron chi connectivity index (χ0n) is 8.16. The summed E-state index contributed by atoms with van der Waals surface area (Å²) in [5.41, 5.74) is 2.08. The molecule has 5 heteroatoms. The van der Waals surface area contributed by atoms with Crippen LogP contribution in [0.4, 0.5) is 0 Å². The van der Waals surface area contributed by atoms with E-state index in [1.54, 1.807) is 30.9 Å². The van der Waals surface area contributed by atoms with E-state index in [-0.39, 0.29) is 0 Å². The number of aromatic nitrogens is 3. The lowest BCUT2D eigenvalue weighted by molar-refractivity contribution is 0.568. The smallest absolute Gasteiger partial charge is 0.171 e. The summed E-state index contributed by atoms with van der Waals surface area (Å²) in [6, 6.07) is 7.29. The molecular weight excluding hydrogens is 204 g/mol. The minimum Gasteiger partial charge on any atom is -0.472 e. The molecule has 0 bridgehead atoms. The van der Waals surface area contributed by atoms with Crippen molar-refractivity contribution in [2.24, 2.45) is 0 Å². The summed E-state index contributed by atoms with van der Waals surface area (Å²) in [6.07, 6.45) is 4.96. The minimum absolute atomic E-state index is 0.568. The van der Waals surface area contributed by atoms with Crippen LogP contribution in [0.3, 0.4) is 0 Å². The Morgan fingerprint density at radius 3 is 3.00 bits per heavy atom. The fourth-order valence-corrected chi connectivity index (χ4v) is 1.55. The van der Waals surface area contributed by atoms with Crippen LogP contribution in [-0.2, 0) is 0 Å². The average molecular weight is 210 g/mol. The zero-order valence-corrected chi connectivity index (χ0v) is 8.16. The molecule has 0 atom stereocenters. The van der Waals surface area contributed by atoms with Gasteiger partial charge in [-0.15, -0.1) is 10.2 Å². The van der Waals surface area contributed by atoms with Crippen LogP contribution in [0, 0.1) is 11.3 Å². The molecule has 0 saturated carbocycles. The molecule has 0 saturated heterocycles. The lowest BCUT2D eigenvalue weighted by Crippen LogP contribution is -1.88. The van der Waals surface area contributed by atoms with Gasteiger partial charge in [-0.05, 0) is 12.1 Å². The maximum atomic E-state index is 8.77. The molecule has 0 aliphatic heterocycles. The van der Waals surface area contributed by atoms with Gasteiger partial charge in [0, 0.05) is 12.3 Å². The van der Waals surface area contributed by atoms with Crippen LogP contribution in [-0.4, -0.2) is 14.6 Å². The van der Waals surface area contributed by atoms with Gasteiger partial charge in [-0.2, -0.15) is 5.26 Å². The standard InChI is InChI=1S/C11H6N4O/c12-6-8-1-3-15-10(5-8)13-14-11(15)9-2-4-16-7-9/h1-5,7H. The summed E-state index contributed by atoms with van der Waals surface area (Å²) in [4.78, 5) is 0. The molecule has 5 nitrogen and oxygen atoms in total. The van der Waals surface area contributed by atoms with Gasteiger partial charge in [0.1, 0.15) is 6.26 Å². The molecule has 0 aromatic carbocycles. The van der Waals surface area contributed by atoms with Gasteiger partial charge in [0.15, 0.2) is 11.5 Å². The van der Waals surface area contributed by atoms with E-state index in [1.807, 2.05) is 10.5 Å². The van der Waals surface area contributed by atoms with Gasteiger partial charge in [-0.1, -0.05) is 0 Å². The number of fused-ring (bicyclic) bond motifs is 1. The average Bonchev–Trinajstić information content (AvgIpc) is 2.96. The van der Waals surface area contributed by atoms with Crippen molar-refractivity contribution >= 4 is 5.65 Å². The van der Waals surface area contributed by atoms with Crippen LogP contribution in [0.1, 0.15) is 5.56 Å². The van der Waals surface area contributed by atoms with Crippen LogP contribution in [0.25, 0.3) is 17.0 Å². The highest BCUT2D eigenvalue weighted by Crippen LogP contribution is 2.18. The Bertz CT molecular complexity index is 676. The first-order valence-corrected chi connectivity index (χ1v) is 4.66. The molecule has 0 aliphatic rings. The molecule has 0 N–H and O–H groups in total. The second-order valence-corrected chi connectivity index (χ2v) is 3.29. The first-order valence-electron chi connectivity index (χ1n) is 4.66. The van der Waals surface area contributed by atoms with Crippen molar-refractivity contribution in [3.8, 4) is 17.5 Å². The third-order valence-corrected chi connectivity index (χ3v) is 2.32. The Labute approximate surface area is 90.6 Å². The van der Waals surface area contributed by atoms with E-state index in [9.17, 15) is 0 Å². The predicted octanol–water partition coefficient (Wildman–Crippen LogP) is 1.86. The molecule has 0 amide bonds. The van der Waals surface area contributed by atoms with Crippen LogP contribution in [0.5, 0.6) is 0 Å². The summed E-state index contributed by atoms with van der Waals surface area (Å²) in [6.45, 7) is 0. The van der Waals surface area contributed by atoms with Crippen molar-refractivity contribution in [1.29, 1.82) is 5.26 Å². The van der Waals surface area contributed by atoms with Crippen LogP contribution in [0.2, 0.25) is 0 Å². The Hall–Kier alpha value is -2.61. The third kappa shape index (κ3) is 1.17. The monoisotopic (exact) mass is 210 g/mol. The van der Waals surface area contributed by atoms with Crippen molar-refractivity contribution in [2.75, 3.05) is 0 Å². The van der Waals surface area contributed by atoms with Crippen LogP contribution >= 0.6 is 0 Å². The number of furan rings is 1. The van der Waals surface area contributed by atoms with Gasteiger partial charge in [0.25, 0.3) is 0 Å². The highest BCUT2D eigenvalue weighted by molar-refractivity contribution is 5.59. The SMILES string of the molecule is N#Cc1ccn2c(-c3ccoc3)nnc2c1. The number of hydrogen-bond donors (Lipinski definition) is 0. The maximum absolute atomic E-state index is 8.77. The predicted molar refractivity (Wildman–Crippen MR) is 55.4 cm³/mol. The summed E-state index contributed by atoms with van der Waals surface area (Å²) >= 11 is 0. The van der Waals surface area contributed by atoms with Gasteiger partial charge in [0.2, 0.25) is 0 Å². The number of nitrogens with zero attached hydrogens (tertiary/aromatic N) is 4. The molecule has 0 radical (unpaired) electrons. The fraction of sp³-hybridized carbons (Fsp3) is 0. The van der Waals surface area contributed by atoms with E-state index in [4.69, 9.17) is 9.68 Å². The summed E-state index contributed by atoms with van der Waals surface area (Å²) in [5, 5.41) is 16.8. The van der Waals surface area contributed by atoms with Crippen LogP contribution in [0.15, 0.2) is 41.3 Å². The lowest BCUT2D eigenvalue weighted by Gasteiger charge is -1.95. The minimum atomic E-state index is 0.568. The number of hydrogen-bond acceptors (Lipinski definition) is 4. The number of pyridine rings is 1. The molecule has 3 aromatic heterocycles. The van der Waals surface area contributed by atoms with Gasteiger partial charge in [-0.3, -0.25) is 4.40 Å². The molecule has 3 rings (SSSR count). The van der Waals surface area contributed by atoms with Crippen molar-refractivity contribution in [3.63, 3.8) is 0 Å². The number of nitriles is 1. The molecular formula is C11H6N4O. The van der Waals surface area contributed by atoms with Crippen LogP contribution < -0.4 is 0 Å². The Balaban J connectivity index is 2.26. The largest absolute Gasteiger partial charge is 0.472 e. The first-order chi connectivity index (χ1) is 7.88. The summed E-state index contributed by atoms with van der Waals surface area (Å²) in [7, 11) is 0. The normalized spacial score (nSPS) is 10.4. The number of rotatable bonds is 1. The Morgan fingerprint density at radius 1 is 1.31 bits per heavy atom. The van der Waals surface area contributed by atoms with E-state index in [0.29, 0.717) is 17.0 Å². The van der Waals surface area contributed by atoms with E-state index in [2.05, 4.69) is 16.3 Å². The topological polar surface area (TPSA) is 67.1 Å². The van der Waals surface area contributed by atoms with E-state index < -0.39 is 0 Å². The van der Waals surface area contributed by atoms with Crippen molar-refractivity contribution in [1.82, 2.24) is 14.6 Å². The molecule has 0 spiro atoms. The molecule has 3 heterocycles. The molecule has 3 aromatic rings. The third-order valence-electron chi connectivity index (χ3n) is 2.32. The van der Waals surface area contributed by atoms with Gasteiger partial charge < -0.3 is 4.42 Å². The first kappa shape index (κ1) is 8.68. The quantitative estimate of drug-likeness (QED) is 0.614. The molecule has 16 heavy (non-hydrogen) atoms. The summed E-state index contributed by atoms with van der Waals surface area (Å²) < 4.78 is 6.81. The molecule has 0 unspecified atom stereocenters. The second-order valence-electron chi connectivity index (χ2n) is 3.29. The summed E-state index contributed by atoms with van der Waals surface area (Å²) in [5.74, 6) is 0.702. The van der Waals surface area contributed by atoms with E-state index in [0.717, 1.165) is 5.56 Å². The molecule has 0 fully saturated rings. The van der Waals surface area contributed by atoms with Crippen molar-refractivity contribution in [3.05, 3.63) is 42.5 Å². The van der Waals surface area contributed by atoms with Crippen molar-refractivity contribution < 1.29 is 4.42 Å². The van der Waals surface area contributed by atoms with Gasteiger partial charge in [-0.25, -0.2) is 0 Å². The highest BCUT2D eigenvalue weighted by atomic mass is 16.3. The Morgan fingerprint density at radius 2 is 2.25 bits per heavy atom. The second kappa shape index (κ2) is 3.21. The molecule has 76 valence electrons. The van der Waals surface area contributed by atoms with Crippen molar-refractivity contribution in [2.45, 2.75) is 0 Å². The Kier molecular flexibility index (Phi) is 1.74. The van der Waals surface area contributed by atoms with Gasteiger partial charge in [0.05, 0.1) is 23.5 Å². The fourth-order valence-electron chi connectivity index (χ4n) is 1.55. The van der Waals surface area contributed by atoms with Gasteiger partial charge >= 0.3 is 0 Å². The lowest BCUT2D eigenvalue weighted by atomic mass is 10.3. The highest BCUT2D eigenvalue weighted by Gasteiger charge is 2.08. The van der Waals surface area contributed by atoms with E-state index in [1.165, 1.54) is 0 Å². The van der Waals surface area contributed by atoms with E-state index >= 15 is 0 Å². The molecule has 0 aliphatic carbocycles.